The number of hydrogen-bond acceptors (Lipinski definition) is 13. The number of aromatic nitrogens is 3. The Morgan fingerprint density at radius 2 is 1.06 bits per heavy atom. The Morgan fingerprint density at radius 3 is 1.43 bits per heavy atom. The summed E-state index contributed by atoms with van der Waals surface area (Å²) >= 11 is 0. The van der Waals surface area contributed by atoms with E-state index in [2.05, 4.69) is 25.0 Å². The lowest BCUT2D eigenvalue weighted by Gasteiger charge is -1.98. The highest BCUT2D eigenvalue weighted by atomic mass is 16.6. The van der Waals surface area contributed by atoms with E-state index in [4.69, 9.17) is 5.11 Å². The van der Waals surface area contributed by atoms with Crippen molar-refractivity contribution in [3.63, 3.8) is 0 Å². The van der Waals surface area contributed by atoms with Crippen molar-refractivity contribution in [3.05, 3.63) is 118 Å². The van der Waals surface area contributed by atoms with Gasteiger partial charge in [0.1, 0.15) is 18.6 Å². The average molecular weight is 646 g/mol. The summed E-state index contributed by atoms with van der Waals surface area (Å²) in [7, 11) is 2.84. The number of carbonyl (C=O) groups excluding carboxylic acids is 2. The van der Waals surface area contributed by atoms with Crippen molar-refractivity contribution in [1.29, 1.82) is 0 Å². The second-order valence-electron chi connectivity index (χ2n) is 9.87. The number of esters is 1. The van der Waals surface area contributed by atoms with Crippen LogP contribution < -0.4 is 5.32 Å². The van der Waals surface area contributed by atoms with Crippen LogP contribution in [0.5, 0.6) is 0 Å². The fourth-order valence-corrected chi connectivity index (χ4v) is 4.58. The summed E-state index contributed by atoms with van der Waals surface area (Å²) in [5.74, 6) is -1.63. The Bertz CT molecular complexity index is 1860. The summed E-state index contributed by atoms with van der Waals surface area (Å²) in [6.07, 6.45) is 9.16. The number of carboxylic acids is 1. The molecule has 0 saturated carbocycles. The number of nitrogens with zero attached hydrogens (tertiary/aromatic N) is 6. The molecule has 18 heteroatoms. The van der Waals surface area contributed by atoms with Gasteiger partial charge in [0.05, 0.1) is 39.0 Å². The molecule has 0 unspecified atom stereocenters. The average Bonchev–Trinajstić information content (AvgIpc) is 3.79. The van der Waals surface area contributed by atoms with E-state index in [1.807, 2.05) is 0 Å². The van der Waals surface area contributed by atoms with Crippen LogP contribution in [0.15, 0.2) is 53.5 Å². The van der Waals surface area contributed by atoms with Gasteiger partial charge in [-0.25, -0.2) is 9.59 Å². The number of methoxy groups -OCH3 is 1. The maximum absolute atomic E-state index is 11.4. The van der Waals surface area contributed by atoms with Crippen LogP contribution in [0.2, 0.25) is 0 Å². The molecule has 3 aromatic rings. The number of fused-ring (bicyclic) bond motifs is 3. The predicted molar refractivity (Wildman–Crippen MR) is 161 cm³/mol. The molecule has 6 rings (SSSR count). The maximum atomic E-state index is 11.4. The molecular formula is C29H23N7O11. The van der Waals surface area contributed by atoms with Gasteiger partial charge < -0.3 is 15.2 Å². The second kappa shape index (κ2) is 13.9. The van der Waals surface area contributed by atoms with E-state index in [9.17, 15) is 44.7 Å². The highest BCUT2D eigenvalue weighted by Gasteiger charge is 2.24. The van der Waals surface area contributed by atoms with E-state index in [0.29, 0.717) is 57.8 Å². The zero-order chi connectivity index (χ0) is 34.4. The van der Waals surface area contributed by atoms with Crippen LogP contribution in [-0.4, -0.2) is 66.8 Å². The highest BCUT2D eigenvalue weighted by Crippen LogP contribution is 2.28. The number of ether oxygens (including phenoxy) is 1. The first-order valence-corrected chi connectivity index (χ1v) is 13.4. The molecule has 0 aliphatic heterocycles. The molecule has 0 radical (unpaired) electrons. The van der Waals surface area contributed by atoms with Crippen LogP contribution in [-0.2, 0) is 38.4 Å². The SMILES string of the molecule is CNC(=O)C1=Cc2cc([N+](=O)[O-])cnc2C1.COC(=O)C1=Cc2cc([N+](=O)[O-])cnc2C1.O=C(O)C1=Cc2cc([N+](=O)[O-])cnc2C1. The Labute approximate surface area is 263 Å². The number of nitro groups is 3. The van der Waals surface area contributed by atoms with Gasteiger partial charge in [-0.1, -0.05) is 0 Å². The molecule has 0 fully saturated rings. The summed E-state index contributed by atoms with van der Waals surface area (Å²) in [6.45, 7) is 0. The zero-order valence-corrected chi connectivity index (χ0v) is 24.5. The number of aliphatic carboxylic acids is 1. The molecule has 3 aromatic heterocycles. The number of carbonyl (C=O) groups is 3. The van der Waals surface area contributed by atoms with Gasteiger partial charge >= 0.3 is 11.9 Å². The Morgan fingerprint density at radius 1 is 0.702 bits per heavy atom. The zero-order valence-electron chi connectivity index (χ0n) is 24.5. The van der Waals surface area contributed by atoms with Gasteiger partial charge in [-0.3, -0.25) is 50.1 Å². The first-order chi connectivity index (χ1) is 22.3. The molecule has 0 bridgehead atoms. The van der Waals surface area contributed by atoms with Crippen molar-refractivity contribution in [2.45, 2.75) is 19.3 Å². The van der Waals surface area contributed by atoms with Gasteiger partial charge in [0.2, 0.25) is 5.91 Å². The number of hydrogen-bond donors (Lipinski definition) is 2. The van der Waals surface area contributed by atoms with Crippen LogP contribution in [0.25, 0.3) is 18.2 Å². The lowest BCUT2D eigenvalue weighted by molar-refractivity contribution is -0.385. The molecule has 1 amide bonds. The molecule has 0 aromatic carbocycles. The molecule has 47 heavy (non-hydrogen) atoms. The number of nitrogens with one attached hydrogen (secondary N) is 1. The van der Waals surface area contributed by atoms with E-state index < -0.39 is 26.7 Å². The van der Waals surface area contributed by atoms with Crippen LogP contribution in [0.1, 0.15) is 33.8 Å². The summed E-state index contributed by atoms with van der Waals surface area (Å²) in [5.41, 5.74) is 4.66. The van der Waals surface area contributed by atoms with E-state index >= 15 is 0 Å². The molecule has 3 aliphatic rings. The molecule has 3 heterocycles. The summed E-state index contributed by atoms with van der Waals surface area (Å²) < 4.78 is 4.57. The van der Waals surface area contributed by atoms with Gasteiger partial charge in [0.15, 0.2) is 0 Å². The number of rotatable bonds is 6. The van der Waals surface area contributed by atoms with Crippen molar-refractivity contribution in [2.75, 3.05) is 14.2 Å². The number of amides is 1. The first kappa shape index (κ1) is 33.2. The summed E-state index contributed by atoms with van der Waals surface area (Å²) in [5, 5.41) is 42.8. The topological polar surface area (TPSA) is 261 Å². The van der Waals surface area contributed by atoms with Crippen molar-refractivity contribution >= 4 is 53.1 Å². The third-order valence-electron chi connectivity index (χ3n) is 6.90. The van der Waals surface area contributed by atoms with Crippen LogP contribution >= 0.6 is 0 Å². The van der Waals surface area contributed by atoms with Crippen molar-refractivity contribution in [2.24, 2.45) is 0 Å². The lowest BCUT2D eigenvalue weighted by Crippen LogP contribution is -2.19. The fraction of sp³-hybridized carbons (Fsp3) is 0.172. The third-order valence-corrected chi connectivity index (χ3v) is 6.90. The predicted octanol–water partition coefficient (Wildman–Crippen LogP) is 2.79. The number of likely N-dealkylation sites (N-methyl/N-ethyl adjacent to an activating group) is 1. The Kier molecular flexibility index (Phi) is 9.83. The minimum absolute atomic E-state index is 0.0619. The monoisotopic (exact) mass is 645 g/mol. The maximum Gasteiger partial charge on any atom is 0.334 e. The van der Waals surface area contributed by atoms with Gasteiger partial charge in [0.25, 0.3) is 17.1 Å². The molecule has 18 nitrogen and oxygen atoms in total. The van der Waals surface area contributed by atoms with Crippen LogP contribution in [0, 0.1) is 30.3 Å². The van der Waals surface area contributed by atoms with Gasteiger partial charge in [-0.2, -0.15) is 0 Å². The normalized spacial score (nSPS) is 13.0. The molecule has 240 valence electrons. The van der Waals surface area contributed by atoms with Crippen molar-refractivity contribution in [1.82, 2.24) is 20.3 Å². The van der Waals surface area contributed by atoms with Gasteiger partial charge in [0, 0.05) is 77.9 Å². The molecule has 0 saturated heterocycles. The second-order valence-corrected chi connectivity index (χ2v) is 9.87. The minimum Gasteiger partial charge on any atom is -0.478 e. The molecule has 0 spiro atoms. The molecule has 0 atom stereocenters. The van der Waals surface area contributed by atoms with Crippen molar-refractivity contribution < 1.29 is 39.0 Å². The van der Waals surface area contributed by atoms with E-state index in [1.165, 1.54) is 43.8 Å². The minimum atomic E-state index is -1.02. The first-order valence-electron chi connectivity index (χ1n) is 13.4. The van der Waals surface area contributed by atoms with E-state index in [-0.39, 0.29) is 35.0 Å². The largest absolute Gasteiger partial charge is 0.478 e. The lowest BCUT2D eigenvalue weighted by atomic mass is 10.2. The highest BCUT2D eigenvalue weighted by molar-refractivity contribution is 6.00. The van der Waals surface area contributed by atoms with Crippen LogP contribution in [0.4, 0.5) is 17.1 Å². The Balaban J connectivity index is 0.000000160. The quantitative estimate of drug-likeness (QED) is 0.222. The van der Waals surface area contributed by atoms with Gasteiger partial charge in [-0.05, 0) is 18.2 Å². The van der Waals surface area contributed by atoms with Gasteiger partial charge in [-0.15, -0.1) is 0 Å². The third kappa shape index (κ3) is 7.69. The Hall–Kier alpha value is -6.72. The number of carboxylic acid groups (broad SMARTS) is 1. The summed E-state index contributed by atoms with van der Waals surface area (Å²) in [4.78, 5) is 75.0. The molecule has 3 aliphatic carbocycles. The number of pyridine rings is 3. The van der Waals surface area contributed by atoms with Crippen LogP contribution in [0.3, 0.4) is 0 Å². The van der Waals surface area contributed by atoms with Crippen molar-refractivity contribution in [3.8, 4) is 0 Å². The summed E-state index contributed by atoms with van der Waals surface area (Å²) in [6, 6.07) is 4.16. The smallest absolute Gasteiger partial charge is 0.334 e. The molecular weight excluding hydrogens is 622 g/mol. The molecule has 2 N–H and O–H groups in total. The van der Waals surface area contributed by atoms with E-state index in [1.54, 1.807) is 19.2 Å². The van der Waals surface area contributed by atoms with E-state index in [0.717, 1.165) is 6.20 Å². The standard InChI is InChI=1S/C10H9N3O3.C10H8N2O4.C9H6N2O4/c1-11-10(14)7-2-6-3-8(13(15)16)5-12-9(6)4-7;1-16-10(13)7-2-6-3-8(12(14)15)5-11-9(6)4-7;12-9(13)6-1-5-2-7(11(14)15)4-10-8(5)3-6/h2-3,5H,4H2,1H3,(H,11,14);2-3,5H,4H2,1H3;1-2,4H,3H2,(H,12,13). The fourth-order valence-electron chi connectivity index (χ4n) is 4.58.